The third-order valence-electron chi connectivity index (χ3n) is 2.14. The summed E-state index contributed by atoms with van der Waals surface area (Å²) < 4.78 is 4.66. The van der Waals surface area contributed by atoms with Gasteiger partial charge in [-0.25, -0.2) is 0 Å². The number of benzene rings is 1. The Kier molecular flexibility index (Phi) is 3.28. The SMILES string of the molecule is CC(C)(C)c1ccc(COC=O)cc1. The van der Waals surface area contributed by atoms with Gasteiger partial charge in [0, 0.05) is 0 Å². The van der Waals surface area contributed by atoms with Gasteiger partial charge in [0.15, 0.2) is 0 Å². The molecule has 1 aromatic carbocycles. The maximum Gasteiger partial charge on any atom is 0.293 e. The lowest BCUT2D eigenvalue weighted by molar-refractivity contribution is -0.129. The minimum Gasteiger partial charge on any atom is -0.463 e. The molecule has 0 N–H and O–H groups in total. The molecule has 0 spiro atoms. The molecule has 0 atom stereocenters. The Morgan fingerprint density at radius 3 is 2.21 bits per heavy atom. The minimum atomic E-state index is 0.171. The number of hydrogen-bond donors (Lipinski definition) is 0. The number of rotatable bonds is 3. The van der Waals surface area contributed by atoms with Gasteiger partial charge in [0.05, 0.1) is 0 Å². The molecule has 0 saturated heterocycles. The second-order valence-corrected chi connectivity index (χ2v) is 4.35. The molecule has 0 aliphatic rings. The summed E-state index contributed by atoms with van der Waals surface area (Å²) in [6.07, 6.45) is 0. The molecular weight excluding hydrogens is 176 g/mol. The van der Waals surface area contributed by atoms with Crippen LogP contribution in [0.2, 0.25) is 0 Å². The zero-order valence-corrected chi connectivity index (χ0v) is 8.91. The van der Waals surface area contributed by atoms with Crippen LogP contribution in [0.15, 0.2) is 24.3 Å². The molecule has 0 bridgehead atoms. The van der Waals surface area contributed by atoms with Crippen LogP contribution in [0, 0.1) is 0 Å². The van der Waals surface area contributed by atoms with Gasteiger partial charge in [-0.1, -0.05) is 45.0 Å². The van der Waals surface area contributed by atoms with E-state index in [1.165, 1.54) is 5.56 Å². The van der Waals surface area contributed by atoms with E-state index < -0.39 is 0 Å². The van der Waals surface area contributed by atoms with Crippen LogP contribution >= 0.6 is 0 Å². The van der Waals surface area contributed by atoms with E-state index in [1.54, 1.807) is 0 Å². The Bertz CT molecular complexity index is 293. The van der Waals surface area contributed by atoms with Gasteiger partial charge in [-0.05, 0) is 16.5 Å². The molecule has 2 nitrogen and oxygen atoms in total. The van der Waals surface area contributed by atoms with Crippen molar-refractivity contribution in [2.45, 2.75) is 32.8 Å². The maximum absolute atomic E-state index is 9.98. The summed E-state index contributed by atoms with van der Waals surface area (Å²) in [6, 6.07) is 8.13. The number of carbonyl (C=O) groups is 1. The van der Waals surface area contributed by atoms with E-state index in [1.807, 2.05) is 12.1 Å². The third kappa shape index (κ3) is 2.87. The van der Waals surface area contributed by atoms with E-state index in [-0.39, 0.29) is 5.41 Å². The average Bonchev–Trinajstić information content (AvgIpc) is 2.14. The van der Waals surface area contributed by atoms with Crippen LogP contribution in [0.25, 0.3) is 0 Å². The highest BCUT2D eigenvalue weighted by Gasteiger charge is 2.12. The lowest BCUT2D eigenvalue weighted by Gasteiger charge is -2.18. The summed E-state index contributed by atoms with van der Waals surface area (Å²) in [5.41, 5.74) is 2.47. The van der Waals surface area contributed by atoms with Crippen LogP contribution < -0.4 is 0 Å². The van der Waals surface area contributed by atoms with Crippen molar-refractivity contribution in [3.05, 3.63) is 35.4 Å². The first-order chi connectivity index (χ1) is 6.54. The van der Waals surface area contributed by atoms with Crippen LogP contribution in [0.5, 0.6) is 0 Å². The fraction of sp³-hybridized carbons (Fsp3) is 0.417. The van der Waals surface area contributed by atoms with Crippen molar-refractivity contribution in [1.82, 2.24) is 0 Å². The van der Waals surface area contributed by atoms with Gasteiger partial charge in [0.1, 0.15) is 6.61 Å². The Hall–Kier alpha value is -1.31. The van der Waals surface area contributed by atoms with Gasteiger partial charge in [0.2, 0.25) is 0 Å². The summed E-state index contributed by atoms with van der Waals surface area (Å²) in [5.74, 6) is 0. The van der Waals surface area contributed by atoms with E-state index in [9.17, 15) is 4.79 Å². The topological polar surface area (TPSA) is 26.3 Å². The zero-order chi connectivity index (χ0) is 10.6. The van der Waals surface area contributed by atoms with Gasteiger partial charge in [-0.15, -0.1) is 0 Å². The molecule has 0 unspecified atom stereocenters. The van der Waals surface area contributed by atoms with Crippen molar-refractivity contribution in [3.63, 3.8) is 0 Å². The average molecular weight is 192 g/mol. The van der Waals surface area contributed by atoms with Crippen molar-refractivity contribution in [2.24, 2.45) is 0 Å². The van der Waals surface area contributed by atoms with E-state index in [0.717, 1.165) is 5.56 Å². The van der Waals surface area contributed by atoms with E-state index in [2.05, 4.69) is 37.6 Å². The Labute approximate surface area is 84.9 Å². The Balaban J connectivity index is 2.73. The smallest absolute Gasteiger partial charge is 0.293 e. The van der Waals surface area contributed by atoms with Gasteiger partial charge in [0.25, 0.3) is 6.47 Å². The predicted molar refractivity (Wildman–Crippen MR) is 56.0 cm³/mol. The van der Waals surface area contributed by atoms with E-state index >= 15 is 0 Å². The van der Waals surface area contributed by atoms with Gasteiger partial charge in [-0.3, -0.25) is 4.79 Å². The first-order valence-corrected chi connectivity index (χ1v) is 4.69. The molecule has 1 rings (SSSR count). The van der Waals surface area contributed by atoms with Crippen LogP contribution in [0.1, 0.15) is 31.9 Å². The number of ether oxygens (including phenoxy) is 1. The number of hydrogen-bond acceptors (Lipinski definition) is 2. The lowest BCUT2D eigenvalue weighted by Crippen LogP contribution is -2.10. The highest BCUT2D eigenvalue weighted by molar-refractivity contribution is 5.37. The molecule has 0 radical (unpaired) electrons. The fourth-order valence-corrected chi connectivity index (χ4v) is 1.23. The molecule has 0 aromatic heterocycles. The molecule has 0 aliphatic heterocycles. The minimum absolute atomic E-state index is 0.171. The molecule has 0 amide bonds. The summed E-state index contributed by atoms with van der Waals surface area (Å²) in [6.45, 7) is 7.34. The zero-order valence-electron chi connectivity index (χ0n) is 8.91. The molecule has 0 fully saturated rings. The predicted octanol–water partition coefficient (Wildman–Crippen LogP) is 2.66. The van der Waals surface area contributed by atoms with Crippen LogP contribution in [0.3, 0.4) is 0 Å². The third-order valence-corrected chi connectivity index (χ3v) is 2.14. The molecule has 0 aliphatic carbocycles. The highest BCUT2D eigenvalue weighted by Crippen LogP contribution is 2.22. The summed E-state index contributed by atoms with van der Waals surface area (Å²) >= 11 is 0. The Morgan fingerprint density at radius 2 is 1.79 bits per heavy atom. The maximum atomic E-state index is 9.98. The van der Waals surface area contributed by atoms with Gasteiger partial charge in [-0.2, -0.15) is 0 Å². The van der Waals surface area contributed by atoms with E-state index in [4.69, 9.17) is 0 Å². The molecule has 2 heteroatoms. The standard InChI is InChI=1S/C12H16O2/c1-12(2,3)11-6-4-10(5-7-11)8-14-9-13/h4-7,9H,8H2,1-3H3. The summed E-state index contributed by atoms with van der Waals surface area (Å²) in [5, 5.41) is 0. The van der Waals surface area contributed by atoms with Crippen molar-refractivity contribution >= 4 is 6.47 Å². The number of carbonyl (C=O) groups excluding carboxylic acids is 1. The monoisotopic (exact) mass is 192 g/mol. The summed E-state index contributed by atoms with van der Waals surface area (Å²) in [7, 11) is 0. The second kappa shape index (κ2) is 4.27. The first-order valence-electron chi connectivity index (χ1n) is 4.69. The Morgan fingerprint density at radius 1 is 1.21 bits per heavy atom. The molecule has 0 heterocycles. The van der Waals surface area contributed by atoms with Gasteiger partial charge < -0.3 is 4.74 Å². The van der Waals surface area contributed by atoms with Crippen molar-refractivity contribution < 1.29 is 9.53 Å². The van der Waals surface area contributed by atoms with Gasteiger partial charge >= 0.3 is 0 Å². The molecule has 0 saturated carbocycles. The van der Waals surface area contributed by atoms with Crippen molar-refractivity contribution in [2.75, 3.05) is 0 Å². The van der Waals surface area contributed by atoms with Crippen molar-refractivity contribution in [3.8, 4) is 0 Å². The second-order valence-electron chi connectivity index (χ2n) is 4.35. The molecular formula is C12H16O2. The first kappa shape index (κ1) is 10.8. The van der Waals surface area contributed by atoms with Crippen LogP contribution in [0.4, 0.5) is 0 Å². The molecule has 1 aromatic rings. The quantitative estimate of drug-likeness (QED) is 0.688. The van der Waals surface area contributed by atoms with Crippen molar-refractivity contribution in [1.29, 1.82) is 0 Å². The largest absolute Gasteiger partial charge is 0.463 e. The summed E-state index contributed by atoms with van der Waals surface area (Å²) in [4.78, 5) is 9.98. The highest BCUT2D eigenvalue weighted by atomic mass is 16.5. The lowest BCUT2D eigenvalue weighted by atomic mass is 9.87. The van der Waals surface area contributed by atoms with Crippen LogP contribution in [-0.2, 0) is 21.6 Å². The van der Waals surface area contributed by atoms with E-state index in [0.29, 0.717) is 13.1 Å². The fourth-order valence-electron chi connectivity index (χ4n) is 1.23. The van der Waals surface area contributed by atoms with Crippen LogP contribution in [-0.4, -0.2) is 6.47 Å². The molecule has 14 heavy (non-hydrogen) atoms. The molecule has 76 valence electrons. The normalized spacial score (nSPS) is 11.1.